The summed E-state index contributed by atoms with van der Waals surface area (Å²) >= 11 is 0. The van der Waals surface area contributed by atoms with Crippen molar-refractivity contribution in [3.63, 3.8) is 0 Å². The van der Waals surface area contributed by atoms with E-state index >= 15 is 0 Å². The molecule has 0 saturated carbocycles. The molecule has 0 bridgehead atoms. The van der Waals surface area contributed by atoms with Crippen LogP contribution in [0.4, 0.5) is 0 Å². The maximum atomic E-state index is 12.3. The van der Waals surface area contributed by atoms with Crippen LogP contribution in [0.2, 0.25) is 0 Å². The fourth-order valence-corrected chi connectivity index (χ4v) is 1.81. The molecule has 0 fully saturated rings. The van der Waals surface area contributed by atoms with Gasteiger partial charge in [0.25, 0.3) is 5.91 Å². The van der Waals surface area contributed by atoms with E-state index in [1.54, 1.807) is 6.07 Å². The second-order valence-corrected chi connectivity index (χ2v) is 5.51. The molecule has 2 N–H and O–H groups in total. The van der Waals surface area contributed by atoms with E-state index in [0.29, 0.717) is 18.8 Å². The summed E-state index contributed by atoms with van der Waals surface area (Å²) in [7, 11) is 0. The highest BCUT2D eigenvalue weighted by Crippen LogP contribution is 2.18. The molecule has 1 aromatic rings. The number of amides is 1. The average Bonchev–Trinajstić information content (AvgIpc) is 2.74. The molecule has 0 saturated heterocycles. The third-order valence-corrected chi connectivity index (χ3v) is 2.90. The zero-order valence-electron chi connectivity index (χ0n) is 11.8. The minimum absolute atomic E-state index is 0.0496. The van der Waals surface area contributed by atoms with Crippen molar-refractivity contribution in [2.24, 2.45) is 11.1 Å². The monoisotopic (exact) mass is 252 g/mol. The lowest BCUT2D eigenvalue weighted by atomic mass is 9.93. The van der Waals surface area contributed by atoms with Crippen molar-refractivity contribution in [3.8, 4) is 0 Å². The van der Waals surface area contributed by atoms with E-state index in [0.717, 1.165) is 18.7 Å². The van der Waals surface area contributed by atoms with Gasteiger partial charge in [-0.25, -0.2) is 0 Å². The molecule has 1 heterocycles. The third kappa shape index (κ3) is 3.88. The molecule has 0 atom stereocenters. The number of carbonyl (C=O) groups is 1. The minimum Gasteiger partial charge on any atom is -0.456 e. The summed E-state index contributed by atoms with van der Waals surface area (Å²) < 4.78 is 5.40. The van der Waals surface area contributed by atoms with Crippen molar-refractivity contribution in [1.29, 1.82) is 0 Å². The Morgan fingerprint density at radius 2 is 2.11 bits per heavy atom. The molecule has 1 amide bonds. The SMILES string of the molecule is CCCN(CC(C)(C)CN)C(=O)c1ccc(C)o1. The van der Waals surface area contributed by atoms with E-state index < -0.39 is 0 Å². The van der Waals surface area contributed by atoms with Gasteiger partial charge in [0.1, 0.15) is 5.76 Å². The molecule has 0 spiro atoms. The van der Waals surface area contributed by atoms with Gasteiger partial charge in [-0.15, -0.1) is 0 Å². The van der Waals surface area contributed by atoms with Crippen LogP contribution in [0.5, 0.6) is 0 Å². The second-order valence-electron chi connectivity index (χ2n) is 5.51. The van der Waals surface area contributed by atoms with Gasteiger partial charge >= 0.3 is 0 Å². The molecule has 18 heavy (non-hydrogen) atoms. The first-order valence-electron chi connectivity index (χ1n) is 6.45. The van der Waals surface area contributed by atoms with Crippen molar-refractivity contribution in [2.75, 3.05) is 19.6 Å². The van der Waals surface area contributed by atoms with Gasteiger partial charge in [-0.1, -0.05) is 20.8 Å². The first-order valence-corrected chi connectivity index (χ1v) is 6.45. The summed E-state index contributed by atoms with van der Waals surface area (Å²) in [6.45, 7) is 9.95. The predicted molar refractivity (Wildman–Crippen MR) is 72.5 cm³/mol. The maximum Gasteiger partial charge on any atom is 0.289 e. The lowest BCUT2D eigenvalue weighted by molar-refractivity contribution is 0.0656. The maximum absolute atomic E-state index is 12.3. The molecular weight excluding hydrogens is 228 g/mol. The molecule has 0 unspecified atom stereocenters. The van der Waals surface area contributed by atoms with Crippen LogP contribution in [0.1, 0.15) is 43.5 Å². The zero-order valence-corrected chi connectivity index (χ0v) is 11.8. The highest BCUT2D eigenvalue weighted by atomic mass is 16.3. The fourth-order valence-electron chi connectivity index (χ4n) is 1.81. The van der Waals surface area contributed by atoms with Gasteiger partial charge in [0.2, 0.25) is 0 Å². The van der Waals surface area contributed by atoms with Crippen LogP contribution in [0, 0.1) is 12.3 Å². The normalized spacial score (nSPS) is 11.6. The largest absolute Gasteiger partial charge is 0.456 e. The van der Waals surface area contributed by atoms with Gasteiger partial charge < -0.3 is 15.1 Å². The Balaban J connectivity index is 2.81. The van der Waals surface area contributed by atoms with Crippen LogP contribution in [0.3, 0.4) is 0 Å². The Hall–Kier alpha value is -1.29. The summed E-state index contributed by atoms with van der Waals surface area (Å²) in [6.07, 6.45) is 0.923. The number of nitrogens with zero attached hydrogens (tertiary/aromatic N) is 1. The average molecular weight is 252 g/mol. The molecule has 0 aliphatic carbocycles. The topological polar surface area (TPSA) is 59.5 Å². The molecule has 0 aliphatic heterocycles. The standard InChI is InChI=1S/C14H24N2O2/c1-5-8-16(10-14(3,4)9-15)13(17)12-7-6-11(2)18-12/h6-7H,5,8-10,15H2,1-4H3. The smallest absolute Gasteiger partial charge is 0.289 e. The van der Waals surface area contributed by atoms with Crippen LogP contribution >= 0.6 is 0 Å². The Bertz CT molecular complexity index is 396. The Morgan fingerprint density at radius 1 is 1.44 bits per heavy atom. The van der Waals surface area contributed by atoms with E-state index in [9.17, 15) is 4.79 Å². The zero-order chi connectivity index (χ0) is 13.8. The molecular formula is C14H24N2O2. The van der Waals surface area contributed by atoms with Crippen molar-refractivity contribution in [2.45, 2.75) is 34.1 Å². The predicted octanol–water partition coefficient (Wildman–Crippen LogP) is 2.43. The van der Waals surface area contributed by atoms with Crippen molar-refractivity contribution in [1.82, 2.24) is 4.90 Å². The first-order chi connectivity index (χ1) is 8.39. The van der Waals surface area contributed by atoms with Gasteiger partial charge in [0, 0.05) is 13.1 Å². The Kier molecular flexibility index (Phi) is 4.96. The van der Waals surface area contributed by atoms with Crippen LogP contribution < -0.4 is 5.73 Å². The van der Waals surface area contributed by atoms with Gasteiger partial charge in [0.15, 0.2) is 5.76 Å². The molecule has 1 rings (SSSR count). The third-order valence-electron chi connectivity index (χ3n) is 2.90. The number of rotatable bonds is 6. The summed E-state index contributed by atoms with van der Waals surface area (Å²) in [4.78, 5) is 14.2. The van der Waals surface area contributed by atoms with Crippen LogP contribution in [0.25, 0.3) is 0 Å². The van der Waals surface area contributed by atoms with Gasteiger partial charge in [-0.05, 0) is 37.4 Å². The summed E-state index contributed by atoms with van der Waals surface area (Å²) in [5, 5.41) is 0. The van der Waals surface area contributed by atoms with Crippen LogP contribution in [-0.2, 0) is 0 Å². The van der Waals surface area contributed by atoms with Crippen LogP contribution in [0.15, 0.2) is 16.5 Å². The number of aryl methyl sites for hydroxylation is 1. The minimum atomic E-state index is -0.0769. The Labute approximate surface area is 109 Å². The van der Waals surface area contributed by atoms with Gasteiger partial charge in [-0.3, -0.25) is 4.79 Å². The van der Waals surface area contributed by atoms with E-state index in [1.807, 2.05) is 17.9 Å². The Morgan fingerprint density at radius 3 is 2.56 bits per heavy atom. The lowest BCUT2D eigenvalue weighted by Crippen LogP contribution is -2.42. The van der Waals surface area contributed by atoms with Crippen LogP contribution in [-0.4, -0.2) is 30.4 Å². The second kappa shape index (κ2) is 6.05. The van der Waals surface area contributed by atoms with Gasteiger partial charge in [0.05, 0.1) is 0 Å². The van der Waals surface area contributed by atoms with Gasteiger partial charge in [-0.2, -0.15) is 0 Å². The van der Waals surface area contributed by atoms with Crippen molar-refractivity contribution in [3.05, 3.63) is 23.7 Å². The molecule has 4 nitrogen and oxygen atoms in total. The molecule has 4 heteroatoms. The molecule has 1 aromatic heterocycles. The first kappa shape index (κ1) is 14.8. The van der Waals surface area contributed by atoms with E-state index in [-0.39, 0.29) is 11.3 Å². The molecule has 102 valence electrons. The summed E-state index contributed by atoms with van der Waals surface area (Å²) in [5.41, 5.74) is 5.66. The molecule has 0 aliphatic rings. The molecule has 0 aromatic carbocycles. The number of hydrogen-bond donors (Lipinski definition) is 1. The highest BCUT2D eigenvalue weighted by Gasteiger charge is 2.25. The number of hydrogen-bond acceptors (Lipinski definition) is 3. The van der Waals surface area contributed by atoms with E-state index in [1.165, 1.54) is 0 Å². The van der Waals surface area contributed by atoms with E-state index in [4.69, 9.17) is 10.2 Å². The van der Waals surface area contributed by atoms with Crippen molar-refractivity contribution >= 4 is 5.91 Å². The highest BCUT2D eigenvalue weighted by molar-refractivity contribution is 5.91. The molecule has 0 radical (unpaired) electrons. The van der Waals surface area contributed by atoms with E-state index in [2.05, 4.69) is 20.8 Å². The summed E-state index contributed by atoms with van der Waals surface area (Å²) in [5.74, 6) is 1.12. The fraction of sp³-hybridized carbons (Fsp3) is 0.643. The number of furan rings is 1. The number of carbonyl (C=O) groups excluding carboxylic acids is 1. The lowest BCUT2D eigenvalue weighted by Gasteiger charge is -2.31. The summed E-state index contributed by atoms with van der Waals surface area (Å²) in [6, 6.07) is 3.54. The quantitative estimate of drug-likeness (QED) is 0.846. The van der Waals surface area contributed by atoms with Crippen molar-refractivity contribution < 1.29 is 9.21 Å². The number of nitrogens with two attached hydrogens (primary N) is 1.